The maximum Gasteiger partial charge on any atom is 0.342 e. The van der Waals surface area contributed by atoms with Crippen molar-refractivity contribution in [3.63, 3.8) is 0 Å². The van der Waals surface area contributed by atoms with E-state index in [4.69, 9.17) is 4.74 Å². The minimum atomic E-state index is -0.751. The number of nitrogens with zero attached hydrogens (tertiary/aromatic N) is 2. The summed E-state index contributed by atoms with van der Waals surface area (Å²) in [6.45, 7) is 5.09. The van der Waals surface area contributed by atoms with Crippen LogP contribution in [0.2, 0.25) is 0 Å². The Morgan fingerprint density at radius 2 is 2.09 bits per heavy atom. The van der Waals surface area contributed by atoms with Crippen molar-refractivity contribution in [2.45, 2.75) is 26.8 Å². The van der Waals surface area contributed by atoms with Crippen molar-refractivity contribution >= 4 is 17.7 Å². The molecule has 1 amide bonds. The number of phenols is 1. The lowest BCUT2D eigenvalue weighted by atomic mass is 10.1. The van der Waals surface area contributed by atoms with Crippen molar-refractivity contribution in [2.24, 2.45) is 0 Å². The van der Waals surface area contributed by atoms with Crippen LogP contribution >= 0.6 is 0 Å². The maximum atomic E-state index is 11.9. The molecule has 7 nitrogen and oxygen atoms in total. The summed E-state index contributed by atoms with van der Waals surface area (Å²) in [7, 11) is 0. The van der Waals surface area contributed by atoms with Gasteiger partial charge < -0.3 is 15.2 Å². The third-order valence-corrected chi connectivity index (χ3v) is 3.22. The number of phenolic OH excluding ortho intramolecular Hbond substituents is 1. The number of aryl methyl sites for hydroxylation is 1. The van der Waals surface area contributed by atoms with Gasteiger partial charge in [0.25, 0.3) is 5.91 Å². The van der Waals surface area contributed by atoms with Crippen LogP contribution in [0, 0.1) is 6.92 Å². The summed E-state index contributed by atoms with van der Waals surface area (Å²) >= 11 is 0. The van der Waals surface area contributed by atoms with Gasteiger partial charge in [-0.05, 0) is 32.4 Å². The summed E-state index contributed by atoms with van der Waals surface area (Å²) in [5, 5.41) is 16.5. The molecule has 0 aliphatic heterocycles. The highest BCUT2D eigenvalue weighted by atomic mass is 16.5. The topological polar surface area (TPSA) is 93.5 Å². The standard InChI is InChI=1S/C16H19N3O4/c1-10(2)19-13(7-8-17-19)18-14(20)9-23-16(22)12-6-4-5-11(3)15(12)21/h4-8,10,21H,9H2,1-3H3,(H,18,20). The number of esters is 1. The first-order chi connectivity index (χ1) is 10.9. The van der Waals surface area contributed by atoms with E-state index < -0.39 is 18.5 Å². The molecule has 2 N–H and O–H groups in total. The monoisotopic (exact) mass is 317 g/mol. The molecule has 0 atom stereocenters. The molecule has 0 radical (unpaired) electrons. The fraction of sp³-hybridized carbons (Fsp3) is 0.312. The van der Waals surface area contributed by atoms with Crippen LogP contribution in [0.15, 0.2) is 30.5 Å². The zero-order valence-electron chi connectivity index (χ0n) is 13.2. The Hall–Kier alpha value is -2.83. The second kappa shape index (κ2) is 6.95. The zero-order chi connectivity index (χ0) is 17.0. The highest BCUT2D eigenvalue weighted by molar-refractivity contribution is 5.96. The van der Waals surface area contributed by atoms with Crippen LogP contribution in [0.4, 0.5) is 5.82 Å². The van der Waals surface area contributed by atoms with Crippen molar-refractivity contribution < 1.29 is 19.4 Å². The lowest BCUT2D eigenvalue weighted by Gasteiger charge is -2.12. The molecule has 0 saturated carbocycles. The highest BCUT2D eigenvalue weighted by Crippen LogP contribution is 2.22. The average molecular weight is 317 g/mol. The fourth-order valence-electron chi connectivity index (χ4n) is 2.04. The molecule has 23 heavy (non-hydrogen) atoms. The van der Waals surface area contributed by atoms with E-state index >= 15 is 0 Å². The fourth-order valence-corrected chi connectivity index (χ4v) is 2.04. The number of rotatable bonds is 5. The Labute approximate surface area is 133 Å². The average Bonchev–Trinajstić information content (AvgIpc) is 2.96. The van der Waals surface area contributed by atoms with Gasteiger partial charge in [0.1, 0.15) is 17.1 Å². The molecule has 1 aromatic heterocycles. The van der Waals surface area contributed by atoms with Crippen LogP contribution in [0.3, 0.4) is 0 Å². The first kappa shape index (κ1) is 16.5. The molecular formula is C16H19N3O4. The summed E-state index contributed by atoms with van der Waals surface area (Å²) in [5.74, 6) is -0.846. The van der Waals surface area contributed by atoms with E-state index in [1.807, 2.05) is 13.8 Å². The summed E-state index contributed by atoms with van der Waals surface area (Å²) < 4.78 is 6.58. The van der Waals surface area contributed by atoms with Gasteiger partial charge >= 0.3 is 5.97 Å². The molecular weight excluding hydrogens is 298 g/mol. The first-order valence-electron chi connectivity index (χ1n) is 7.19. The molecule has 0 saturated heterocycles. The highest BCUT2D eigenvalue weighted by Gasteiger charge is 2.16. The summed E-state index contributed by atoms with van der Waals surface area (Å²) in [6, 6.07) is 6.49. The number of aromatic nitrogens is 2. The van der Waals surface area contributed by atoms with Gasteiger partial charge in [0.15, 0.2) is 6.61 Å². The molecule has 122 valence electrons. The van der Waals surface area contributed by atoms with Gasteiger partial charge in [-0.15, -0.1) is 0 Å². The molecule has 0 bridgehead atoms. The second-order valence-electron chi connectivity index (χ2n) is 5.35. The number of carbonyl (C=O) groups excluding carboxylic acids is 2. The predicted octanol–water partition coefficient (Wildman–Crippen LogP) is 2.27. The van der Waals surface area contributed by atoms with Gasteiger partial charge in [-0.3, -0.25) is 4.79 Å². The van der Waals surface area contributed by atoms with Gasteiger partial charge in [0, 0.05) is 12.1 Å². The smallest absolute Gasteiger partial charge is 0.342 e. The van der Waals surface area contributed by atoms with Gasteiger partial charge in [0.05, 0.1) is 6.20 Å². The van der Waals surface area contributed by atoms with Crippen LogP contribution in [0.25, 0.3) is 0 Å². The molecule has 0 unspecified atom stereocenters. The predicted molar refractivity (Wildman–Crippen MR) is 84.4 cm³/mol. The Bertz CT molecular complexity index is 722. The molecule has 1 aromatic carbocycles. The number of anilines is 1. The van der Waals surface area contributed by atoms with Crippen molar-refractivity contribution in [1.29, 1.82) is 0 Å². The number of aromatic hydroxyl groups is 1. The van der Waals surface area contributed by atoms with Crippen molar-refractivity contribution in [3.8, 4) is 5.75 Å². The molecule has 0 aliphatic carbocycles. The quantitative estimate of drug-likeness (QED) is 0.825. The normalized spacial score (nSPS) is 10.6. The van der Waals surface area contributed by atoms with E-state index in [2.05, 4.69) is 10.4 Å². The van der Waals surface area contributed by atoms with Crippen molar-refractivity contribution in [3.05, 3.63) is 41.6 Å². The Morgan fingerprint density at radius 1 is 1.35 bits per heavy atom. The van der Waals surface area contributed by atoms with Gasteiger partial charge in [0.2, 0.25) is 0 Å². The summed E-state index contributed by atoms with van der Waals surface area (Å²) in [6.07, 6.45) is 1.58. The SMILES string of the molecule is Cc1cccc(C(=O)OCC(=O)Nc2ccnn2C(C)C)c1O. The van der Waals surface area contributed by atoms with E-state index in [0.29, 0.717) is 11.4 Å². The van der Waals surface area contributed by atoms with Gasteiger partial charge in [-0.25, -0.2) is 9.48 Å². The first-order valence-corrected chi connectivity index (χ1v) is 7.19. The van der Waals surface area contributed by atoms with Crippen LogP contribution < -0.4 is 5.32 Å². The number of hydrogen-bond acceptors (Lipinski definition) is 5. The molecule has 0 aliphatic rings. The summed E-state index contributed by atoms with van der Waals surface area (Å²) in [4.78, 5) is 23.8. The number of amides is 1. The van der Waals surface area contributed by atoms with Gasteiger partial charge in [-0.2, -0.15) is 5.10 Å². The third kappa shape index (κ3) is 3.88. The Morgan fingerprint density at radius 3 is 2.78 bits per heavy atom. The molecule has 1 heterocycles. The van der Waals surface area contributed by atoms with E-state index in [9.17, 15) is 14.7 Å². The Kier molecular flexibility index (Phi) is 5.00. The minimum absolute atomic E-state index is 0.0324. The second-order valence-corrected chi connectivity index (χ2v) is 5.35. The van der Waals surface area contributed by atoms with Crippen molar-refractivity contribution in [2.75, 3.05) is 11.9 Å². The van der Waals surface area contributed by atoms with Crippen LogP contribution in [0.5, 0.6) is 5.75 Å². The van der Waals surface area contributed by atoms with E-state index in [-0.39, 0.29) is 17.4 Å². The number of ether oxygens (including phenoxy) is 1. The van der Waals surface area contributed by atoms with E-state index in [1.54, 1.807) is 36.0 Å². The molecule has 0 spiro atoms. The number of para-hydroxylation sites is 1. The molecule has 0 fully saturated rings. The molecule has 7 heteroatoms. The summed E-state index contributed by atoms with van der Waals surface area (Å²) in [5.41, 5.74) is 0.592. The Balaban J connectivity index is 1.95. The number of hydrogen-bond donors (Lipinski definition) is 2. The number of benzene rings is 1. The van der Waals surface area contributed by atoms with Crippen LogP contribution in [-0.4, -0.2) is 33.4 Å². The minimum Gasteiger partial charge on any atom is -0.507 e. The number of carbonyl (C=O) groups is 2. The van der Waals surface area contributed by atoms with Crippen LogP contribution in [-0.2, 0) is 9.53 Å². The third-order valence-electron chi connectivity index (χ3n) is 3.22. The largest absolute Gasteiger partial charge is 0.507 e. The lowest BCUT2D eigenvalue weighted by molar-refractivity contribution is -0.119. The van der Waals surface area contributed by atoms with Gasteiger partial charge in [-0.1, -0.05) is 12.1 Å². The van der Waals surface area contributed by atoms with E-state index in [1.165, 1.54) is 6.07 Å². The number of nitrogens with one attached hydrogen (secondary N) is 1. The van der Waals surface area contributed by atoms with E-state index in [0.717, 1.165) is 0 Å². The lowest BCUT2D eigenvalue weighted by Crippen LogP contribution is -2.23. The van der Waals surface area contributed by atoms with Crippen molar-refractivity contribution in [1.82, 2.24) is 9.78 Å². The maximum absolute atomic E-state index is 11.9. The zero-order valence-corrected chi connectivity index (χ0v) is 13.2. The molecule has 2 aromatic rings. The molecule has 2 rings (SSSR count). The van der Waals surface area contributed by atoms with Crippen LogP contribution in [0.1, 0.15) is 35.8 Å².